The molecule has 0 saturated carbocycles. The molecule has 3 nitrogen and oxygen atoms in total. The summed E-state index contributed by atoms with van der Waals surface area (Å²) < 4.78 is 22.9. The molecule has 20 heavy (non-hydrogen) atoms. The van der Waals surface area contributed by atoms with Crippen LogP contribution in [0.2, 0.25) is 0 Å². The van der Waals surface area contributed by atoms with Crippen LogP contribution in [0.4, 0.5) is 0 Å². The molecule has 1 aromatic heterocycles. The van der Waals surface area contributed by atoms with Gasteiger partial charge in [-0.05, 0) is 43.0 Å². The van der Waals surface area contributed by atoms with Crippen LogP contribution in [0, 0.1) is 0 Å². The van der Waals surface area contributed by atoms with Crippen LogP contribution < -0.4 is 5.32 Å². The van der Waals surface area contributed by atoms with Crippen molar-refractivity contribution in [3.8, 4) is 0 Å². The lowest BCUT2D eigenvalue weighted by atomic mass is 10.1. The van der Waals surface area contributed by atoms with E-state index in [1.54, 1.807) is 23.5 Å². The highest BCUT2D eigenvalue weighted by Gasteiger charge is 2.13. The van der Waals surface area contributed by atoms with Crippen LogP contribution in [0.5, 0.6) is 0 Å². The Kier molecular flexibility index (Phi) is 4.62. The van der Waals surface area contributed by atoms with Crippen molar-refractivity contribution in [3.63, 3.8) is 0 Å². The average molecular weight is 309 g/mol. The molecule has 0 fully saturated rings. The maximum atomic E-state index is 11.4. The molecule has 0 aliphatic heterocycles. The van der Waals surface area contributed by atoms with Gasteiger partial charge in [-0.1, -0.05) is 18.2 Å². The van der Waals surface area contributed by atoms with Crippen molar-refractivity contribution in [2.45, 2.75) is 30.8 Å². The number of nitrogens with one attached hydrogen (secondary N) is 1. The van der Waals surface area contributed by atoms with Crippen molar-refractivity contribution in [1.82, 2.24) is 5.32 Å². The van der Waals surface area contributed by atoms with Gasteiger partial charge in [0.2, 0.25) is 0 Å². The molecule has 2 unspecified atom stereocenters. The van der Waals surface area contributed by atoms with E-state index in [0.717, 1.165) is 5.56 Å². The molecule has 2 rings (SSSR count). The molecule has 0 saturated heterocycles. The van der Waals surface area contributed by atoms with E-state index in [4.69, 9.17) is 0 Å². The maximum absolute atomic E-state index is 11.4. The summed E-state index contributed by atoms with van der Waals surface area (Å²) in [5.74, 6) is 0. The van der Waals surface area contributed by atoms with Crippen LogP contribution >= 0.6 is 11.3 Å². The van der Waals surface area contributed by atoms with E-state index in [9.17, 15) is 8.42 Å². The van der Waals surface area contributed by atoms with Crippen LogP contribution in [0.3, 0.4) is 0 Å². The van der Waals surface area contributed by atoms with Gasteiger partial charge < -0.3 is 5.32 Å². The standard InChI is InChI=1S/C15H19NO2S2/c1-11(16-12(2)15-5-4-10-19-15)13-6-8-14(9-7-13)20(3,17)18/h4-12,16H,1-3H3. The molecule has 0 aliphatic carbocycles. The van der Waals surface area contributed by atoms with Gasteiger partial charge in [0.1, 0.15) is 0 Å². The van der Waals surface area contributed by atoms with Crippen molar-refractivity contribution in [3.05, 3.63) is 52.2 Å². The lowest BCUT2D eigenvalue weighted by Gasteiger charge is -2.19. The summed E-state index contributed by atoms with van der Waals surface area (Å²) in [5.41, 5.74) is 1.08. The van der Waals surface area contributed by atoms with Crippen molar-refractivity contribution < 1.29 is 8.42 Å². The number of hydrogen-bond donors (Lipinski definition) is 1. The van der Waals surface area contributed by atoms with Gasteiger partial charge in [-0.25, -0.2) is 8.42 Å². The van der Waals surface area contributed by atoms with Crippen LogP contribution in [-0.2, 0) is 9.84 Å². The molecule has 108 valence electrons. The molecule has 1 aromatic carbocycles. The van der Waals surface area contributed by atoms with Crippen LogP contribution in [-0.4, -0.2) is 14.7 Å². The predicted octanol–water partition coefficient (Wildman–Crippen LogP) is 3.56. The van der Waals surface area contributed by atoms with Crippen LogP contribution in [0.1, 0.15) is 36.4 Å². The SMILES string of the molecule is CC(NC(C)c1cccs1)c1ccc(S(C)(=O)=O)cc1. The van der Waals surface area contributed by atoms with E-state index in [-0.39, 0.29) is 12.1 Å². The molecule has 0 spiro atoms. The molecule has 0 amide bonds. The molecule has 1 heterocycles. The second kappa shape index (κ2) is 6.08. The Bertz CT molecular complexity index is 646. The van der Waals surface area contributed by atoms with Gasteiger partial charge in [-0.3, -0.25) is 0 Å². The van der Waals surface area contributed by atoms with Crippen molar-refractivity contribution in [2.75, 3.05) is 6.26 Å². The van der Waals surface area contributed by atoms with Gasteiger partial charge in [-0.15, -0.1) is 11.3 Å². The molecular formula is C15H19NO2S2. The number of thiophene rings is 1. The Morgan fingerprint density at radius 3 is 2.20 bits per heavy atom. The maximum Gasteiger partial charge on any atom is 0.175 e. The highest BCUT2D eigenvalue weighted by molar-refractivity contribution is 7.90. The molecule has 0 bridgehead atoms. The van der Waals surface area contributed by atoms with Gasteiger partial charge in [0, 0.05) is 23.2 Å². The third kappa shape index (κ3) is 3.69. The molecular weight excluding hydrogens is 290 g/mol. The smallest absolute Gasteiger partial charge is 0.175 e. The first-order valence-corrected chi connectivity index (χ1v) is 9.24. The summed E-state index contributed by atoms with van der Waals surface area (Å²) >= 11 is 1.73. The zero-order valence-corrected chi connectivity index (χ0v) is 13.5. The predicted molar refractivity (Wildman–Crippen MR) is 83.8 cm³/mol. The van der Waals surface area contributed by atoms with E-state index in [1.807, 2.05) is 18.2 Å². The van der Waals surface area contributed by atoms with E-state index in [0.29, 0.717) is 4.90 Å². The molecule has 1 N–H and O–H groups in total. The number of benzene rings is 1. The van der Waals surface area contributed by atoms with Crippen molar-refractivity contribution in [2.24, 2.45) is 0 Å². The first-order valence-electron chi connectivity index (χ1n) is 6.47. The number of sulfone groups is 1. The van der Waals surface area contributed by atoms with Crippen LogP contribution in [0.25, 0.3) is 0 Å². The highest BCUT2D eigenvalue weighted by Crippen LogP contribution is 2.23. The van der Waals surface area contributed by atoms with Gasteiger partial charge >= 0.3 is 0 Å². The quantitative estimate of drug-likeness (QED) is 0.918. The minimum absolute atomic E-state index is 0.167. The fourth-order valence-electron chi connectivity index (χ4n) is 2.09. The molecule has 0 aliphatic rings. The lowest BCUT2D eigenvalue weighted by Crippen LogP contribution is -2.21. The lowest BCUT2D eigenvalue weighted by molar-refractivity contribution is 0.500. The first-order chi connectivity index (χ1) is 9.38. The average Bonchev–Trinajstić information content (AvgIpc) is 2.91. The minimum Gasteiger partial charge on any atom is -0.303 e. The molecule has 2 atom stereocenters. The highest BCUT2D eigenvalue weighted by atomic mass is 32.2. The van der Waals surface area contributed by atoms with E-state index in [2.05, 4.69) is 30.6 Å². The zero-order valence-electron chi connectivity index (χ0n) is 11.8. The Morgan fingerprint density at radius 2 is 1.70 bits per heavy atom. The third-order valence-corrected chi connectivity index (χ3v) is 5.46. The number of rotatable bonds is 5. The summed E-state index contributed by atoms with van der Waals surface area (Å²) in [6.07, 6.45) is 1.22. The largest absolute Gasteiger partial charge is 0.303 e. The fraction of sp³-hybridized carbons (Fsp3) is 0.333. The second-order valence-electron chi connectivity index (χ2n) is 4.97. The Balaban J connectivity index is 2.08. The normalized spacial score (nSPS) is 14.9. The molecule has 5 heteroatoms. The fourth-order valence-corrected chi connectivity index (χ4v) is 3.47. The first kappa shape index (κ1) is 15.2. The van der Waals surface area contributed by atoms with Crippen LogP contribution in [0.15, 0.2) is 46.7 Å². The molecule has 2 aromatic rings. The summed E-state index contributed by atoms with van der Waals surface area (Å²) in [4.78, 5) is 1.66. The Hall–Kier alpha value is -1.17. The van der Waals surface area contributed by atoms with E-state index < -0.39 is 9.84 Å². The monoisotopic (exact) mass is 309 g/mol. The van der Waals surface area contributed by atoms with Crippen molar-refractivity contribution >= 4 is 21.2 Å². The molecule has 0 radical (unpaired) electrons. The van der Waals surface area contributed by atoms with Gasteiger partial charge in [0.25, 0.3) is 0 Å². The van der Waals surface area contributed by atoms with Crippen molar-refractivity contribution in [1.29, 1.82) is 0 Å². The second-order valence-corrected chi connectivity index (χ2v) is 7.96. The number of hydrogen-bond acceptors (Lipinski definition) is 4. The summed E-state index contributed by atoms with van der Waals surface area (Å²) in [6.45, 7) is 4.22. The van der Waals surface area contributed by atoms with Gasteiger partial charge in [0.15, 0.2) is 9.84 Å². The van der Waals surface area contributed by atoms with E-state index in [1.165, 1.54) is 11.1 Å². The Morgan fingerprint density at radius 1 is 1.05 bits per heavy atom. The summed E-state index contributed by atoms with van der Waals surface area (Å²) in [6, 6.07) is 11.7. The van der Waals surface area contributed by atoms with Gasteiger partial charge in [0.05, 0.1) is 4.90 Å². The third-order valence-electron chi connectivity index (χ3n) is 3.28. The zero-order chi connectivity index (χ0) is 14.8. The Labute approximate surface area is 124 Å². The van der Waals surface area contributed by atoms with Gasteiger partial charge in [-0.2, -0.15) is 0 Å². The minimum atomic E-state index is -3.12. The summed E-state index contributed by atoms with van der Waals surface area (Å²) in [7, 11) is -3.12. The summed E-state index contributed by atoms with van der Waals surface area (Å²) in [5, 5.41) is 5.59. The van der Waals surface area contributed by atoms with E-state index >= 15 is 0 Å². The topological polar surface area (TPSA) is 46.2 Å².